The van der Waals surface area contributed by atoms with E-state index in [1.165, 1.54) is 0 Å². The van der Waals surface area contributed by atoms with Gasteiger partial charge in [-0.3, -0.25) is 4.98 Å². The number of aliphatic hydroxyl groups is 1. The van der Waals surface area contributed by atoms with E-state index in [0.717, 1.165) is 22.8 Å². The molecule has 0 fully saturated rings. The highest BCUT2D eigenvalue weighted by atomic mass is 32.2. The number of hydrogen-bond donors (Lipinski definition) is 2. The van der Waals surface area contributed by atoms with Gasteiger partial charge in [-0.2, -0.15) is 11.8 Å². The molecular formula is C16H22N4OS. The van der Waals surface area contributed by atoms with Gasteiger partial charge < -0.3 is 10.4 Å². The minimum atomic E-state index is 0.101. The lowest BCUT2D eigenvalue weighted by Crippen LogP contribution is -2.31. The molecule has 0 aliphatic carbocycles. The van der Waals surface area contributed by atoms with Crippen LogP contribution in [0, 0.1) is 13.8 Å². The Morgan fingerprint density at radius 2 is 2.05 bits per heavy atom. The summed E-state index contributed by atoms with van der Waals surface area (Å²) in [6.07, 6.45) is 3.73. The van der Waals surface area contributed by atoms with Gasteiger partial charge in [-0.1, -0.05) is 6.07 Å². The lowest BCUT2D eigenvalue weighted by atomic mass is 10.2. The normalized spacial score (nSPS) is 13.7. The fourth-order valence-electron chi connectivity index (χ4n) is 2.12. The third-order valence-electron chi connectivity index (χ3n) is 3.69. The second kappa shape index (κ2) is 7.56. The number of aliphatic hydroxyl groups excluding tert-OH is 1. The summed E-state index contributed by atoms with van der Waals surface area (Å²) < 4.78 is 0. The topological polar surface area (TPSA) is 70.9 Å². The molecule has 2 aromatic heterocycles. The zero-order valence-electron chi connectivity index (χ0n) is 13.4. The van der Waals surface area contributed by atoms with E-state index < -0.39 is 0 Å². The molecule has 2 unspecified atom stereocenters. The molecule has 0 amide bonds. The molecule has 2 aromatic rings. The molecule has 0 bridgehead atoms. The number of anilines is 1. The van der Waals surface area contributed by atoms with Crippen LogP contribution in [0.1, 0.15) is 18.2 Å². The summed E-state index contributed by atoms with van der Waals surface area (Å²) in [5.41, 5.74) is 2.70. The maximum atomic E-state index is 9.43. The summed E-state index contributed by atoms with van der Waals surface area (Å²) >= 11 is 1.64. The van der Waals surface area contributed by atoms with Crippen molar-refractivity contribution in [2.75, 3.05) is 18.2 Å². The van der Waals surface area contributed by atoms with Gasteiger partial charge in [0.2, 0.25) is 0 Å². The van der Waals surface area contributed by atoms with Gasteiger partial charge in [0.1, 0.15) is 11.5 Å². The van der Waals surface area contributed by atoms with Gasteiger partial charge in [0.05, 0.1) is 6.61 Å². The van der Waals surface area contributed by atoms with Crippen LogP contribution in [0.15, 0.2) is 24.4 Å². The van der Waals surface area contributed by atoms with Crippen molar-refractivity contribution >= 4 is 17.6 Å². The number of aryl methyl sites for hydroxylation is 1. The van der Waals surface area contributed by atoms with Crippen molar-refractivity contribution in [2.45, 2.75) is 32.1 Å². The highest BCUT2D eigenvalue weighted by molar-refractivity contribution is 7.99. The molecule has 0 aliphatic heterocycles. The second-order valence-corrected chi connectivity index (χ2v) is 6.29. The van der Waals surface area contributed by atoms with Gasteiger partial charge in [-0.15, -0.1) is 0 Å². The SMILES string of the molecule is CSC(CO)C(C)Nc1nc(-c2ccccn2)nc(C)c1C. The van der Waals surface area contributed by atoms with Crippen molar-refractivity contribution in [1.82, 2.24) is 15.0 Å². The number of thioether (sulfide) groups is 1. The Hall–Kier alpha value is -1.66. The molecule has 2 N–H and O–H groups in total. The van der Waals surface area contributed by atoms with E-state index in [2.05, 4.69) is 27.2 Å². The van der Waals surface area contributed by atoms with Crippen LogP contribution >= 0.6 is 11.8 Å². The van der Waals surface area contributed by atoms with E-state index >= 15 is 0 Å². The number of nitrogens with zero attached hydrogens (tertiary/aromatic N) is 3. The number of pyridine rings is 1. The molecule has 5 nitrogen and oxygen atoms in total. The lowest BCUT2D eigenvalue weighted by molar-refractivity contribution is 0.288. The van der Waals surface area contributed by atoms with E-state index in [1.54, 1.807) is 18.0 Å². The highest BCUT2D eigenvalue weighted by Crippen LogP contribution is 2.22. The summed E-state index contributed by atoms with van der Waals surface area (Å²) in [5.74, 6) is 1.41. The van der Waals surface area contributed by atoms with E-state index in [-0.39, 0.29) is 17.9 Å². The molecule has 0 saturated carbocycles. The van der Waals surface area contributed by atoms with Crippen LogP contribution in [0.25, 0.3) is 11.5 Å². The van der Waals surface area contributed by atoms with Crippen molar-refractivity contribution in [1.29, 1.82) is 0 Å². The molecule has 118 valence electrons. The summed E-state index contributed by atoms with van der Waals surface area (Å²) in [7, 11) is 0. The summed E-state index contributed by atoms with van der Waals surface area (Å²) in [6, 6.07) is 5.79. The van der Waals surface area contributed by atoms with Crippen molar-refractivity contribution in [3.8, 4) is 11.5 Å². The van der Waals surface area contributed by atoms with E-state index in [1.807, 2.05) is 38.3 Å². The number of aromatic nitrogens is 3. The molecular weight excluding hydrogens is 296 g/mol. The molecule has 6 heteroatoms. The first-order valence-corrected chi connectivity index (χ1v) is 8.52. The van der Waals surface area contributed by atoms with Crippen LogP contribution in [-0.2, 0) is 0 Å². The molecule has 2 atom stereocenters. The molecule has 0 saturated heterocycles. The average Bonchev–Trinajstić information content (AvgIpc) is 2.53. The minimum absolute atomic E-state index is 0.101. The molecule has 0 radical (unpaired) electrons. The summed E-state index contributed by atoms with van der Waals surface area (Å²) in [4.78, 5) is 13.5. The smallest absolute Gasteiger partial charge is 0.180 e. The van der Waals surface area contributed by atoms with Crippen molar-refractivity contribution in [2.24, 2.45) is 0 Å². The quantitative estimate of drug-likeness (QED) is 0.853. The summed E-state index contributed by atoms with van der Waals surface area (Å²) in [6.45, 7) is 6.15. The second-order valence-electron chi connectivity index (χ2n) is 5.21. The maximum Gasteiger partial charge on any atom is 0.180 e. The van der Waals surface area contributed by atoms with Gasteiger partial charge in [0.15, 0.2) is 5.82 Å². The number of nitrogens with one attached hydrogen (secondary N) is 1. The van der Waals surface area contributed by atoms with Crippen LogP contribution in [0.3, 0.4) is 0 Å². The van der Waals surface area contributed by atoms with Gasteiger partial charge in [-0.25, -0.2) is 9.97 Å². The Morgan fingerprint density at radius 1 is 1.27 bits per heavy atom. The number of rotatable bonds is 6. The van der Waals surface area contributed by atoms with E-state index in [9.17, 15) is 5.11 Å². The molecule has 2 heterocycles. The van der Waals surface area contributed by atoms with Gasteiger partial charge in [-0.05, 0) is 39.2 Å². The minimum Gasteiger partial charge on any atom is -0.395 e. The van der Waals surface area contributed by atoms with Crippen LogP contribution in [0.5, 0.6) is 0 Å². The summed E-state index contributed by atoms with van der Waals surface area (Å²) in [5, 5.41) is 12.9. The third kappa shape index (κ3) is 3.75. The fourth-order valence-corrected chi connectivity index (χ4v) is 2.75. The predicted molar refractivity (Wildman–Crippen MR) is 92.2 cm³/mol. The number of hydrogen-bond acceptors (Lipinski definition) is 6. The fraction of sp³-hybridized carbons (Fsp3) is 0.438. The Morgan fingerprint density at radius 3 is 2.64 bits per heavy atom. The molecule has 2 rings (SSSR count). The molecule has 0 spiro atoms. The zero-order chi connectivity index (χ0) is 16.1. The predicted octanol–water partition coefficient (Wildman–Crippen LogP) is 2.68. The van der Waals surface area contributed by atoms with E-state index in [0.29, 0.717) is 5.82 Å². The Bertz CT molecular complexity index is 617. The first-order chi connectivity index (χ1) is 10.6. The van der Waals surface area contributed by atoms with Gasteiger partial charge in [0, 0.05) is 28.7 Å². The molecule has 0 aromatic carbocycles. The molecule has 22 heavy (non-hydrogen) atoms. The largest absolute Gasteiger partial charge is 0.395 e. The maximum absolute atomic E-state index is 9.43. The third-order valence-corrected chi connectivity index (χ3v) is 4.85. The van der Waals surface area contributed by atoms with Crippen molar-refractivity contribution < 1.29 is 5.11 Å². The first kappa shape index (κ1) is 16.7. The van der Waals surface area contributed by atoms with Crippen molar-refractivity contribution in [3.63, 3.8) is 0 Å². The first-order valence-electron chi connectivity index (χ1n) is 7.23. The highest BCUT2D eigenvalue weighted by Gasteiger charge is 2.18. The van der Waals surface area contributed by atoms with Crippen LogP contribution in [-0.4, -0.2) is 44.2 Å². The average molecular weight is 318 g/mol. The molecule has 0 aliphatic rings. The van der Waals surface area contributed by atoms with E-state index in [4.69, 9.17) is 0 Å². The van der Waals surface area contributed by atoms with Crippen LogP contribution < -0.4 is 5.32 Å². The standard InChI is InChI=1S/C16H22N4OS/c1-10-11(2)18-16(13-7-5-6-8-17-13)20-15(10)19-12(3)14(9-21)22-4/h5-8,12,14,21H,9H2,1-4H3,(H,18,19,20). The Balaban J connectivity index is 2.33. The lowest BCUT2D eigenvalue weighted by Gasteiger charge is -2.23. The van der Waals surface area contributed by atoms with Gasteiger partial charge >= 0.3 is 0 Å². The monoisotopic (exact) mass is 318 g/mol. The Kier molecular flexibility index (Phi) is 5.74. The van der Waals surface area contributed by atoms with Crippen LogP contribution in [0.4, 0.5) is 5.82 Å². The van der Waals surface area contributed by atoms with Crippen LogP contribution in [0.2, 0.25) is 0 Å². The van der Waals surface area contributed by atoms with Gasteiger partial charge in [0.25, 0.3) is 0 Å². The van der Waals surface area contributed by atoms with Crippen molar-refractivity contribution in [3.05, 3.63) is 35.7 Å². The Labute approximate surface area is 135 Å². The zero-order valence-corrected chi connectivity index (χ0v) is 14.2.